The third-order valence-electron chi connectivity index (χ3n) is 3.99. The van der Waals surface area contributed by atoms with Crippen LogP contribution in [0.25, 0.3) is 11.3 Å². The summed E-state index contributed by atoms with van der Waals surface area (Å²) in [4.78, 5) is 16.6. The van der Waals surface area contributed by atoms with Crippen LogP contribution in [0.4, 0.5) is 9.52 Å². The molecule has 1 N–H and O–H groups in total. The number of ether oxygens (including phenoxy) is 2. The number of aryl methyl sites for hydroxylation is 1. The second-order valence-corrected chi connectivity index (χ2v) is 6.64. The quantitative estimate of drug-likeness (QED) is 0.648. The maximum absolute atomic E-state index is 12.9. The Hall–Kier alpha value is -2.93. The molecular formula is C20H19FN2O3S. The molecule has 0 unspecified atom stereocenters. The Labute approximate surface area is 160 Å². The molecule has 7 heteroatoms. The van der Waals surface area contributed by atoms with Crippen molar-refractivity contribution >= 4 is 22.4 Å². The maximum atomic E-state index is 12.9. The van der Waals surface area contributed by atoms with Gasteiger partial charge in [0, 0.05) is 23.4 Å². The molecule has 1 aromatic heterocycles. The van der Waals surface area contributed by atoms with Gasteiger partial charge in [0.25, 0.3) is 0 Å². The fraction of sp³-hybridized carbons (Fsp3) is 0.200. The van der Waals surface area contributed by atoms with E-state index < -0.39 is 0 Å². The second kappa shape index (κ2) is 8.64. The number of benzene rings is 2. The molecule has 3 aromatic rings. The lowest BCUT2D eigenvalue weighted by molar-refractivity contribution is -0.116. The molecule has 5 nitrogen and oxygen atoms in total. The van der Waals surface area contributed by atoms with Crippen LogP contribution >= 0.6 is 11.3 Å². The fourth-order valence-corrected chi connectivity index (χ4v) is 3.28. The van der Waals surface area contributed by atoms with Crippen molar-refractivity contribution in [2.75, 3.05) is 19.5 Å². The van der Waals surface area contributed by atoms with Crippen molar-refractivity contribution in [3.63, 3.8) is 0 Å². The number of amides is 1. The summed E-state index contributed by atoms with van der Waals surface area (Å²) in [5.74, 6) is 0.920. The number of thiazole rings is 1. The Morgan fingerprint density at radius 3 is 2.63 bits per heavy atom. The largest absolute Gasteiger partial charge is 0.497 e. The zero-order valence-electron chi connectivity index (χ0n) is 15.0. The number of methoxy groups -OCH3 is 2. The summed E-state index contributed by atoms with van der Waals surface area (Å²) in [6, 6.07) is 11.6. The summed E-state index contributed by atoms with van der Waals surface area (Å²) >= 11 is 1.35. The number of aromatic nitrogens is 1. The van der Waals surface area contributed by atoms with Crippen molar-refractivity contribution in [3.05, 3.63) is 59.2 Å². The van der Waals surface area contributed by atoms with Crippen molar-refractivity contribution in [2.24, 2.45) is 0 Å². The van der Waals surface area contributed by atoms with Crippen LogP contribution in [0.3, 0.4) is 0 Å². The molecule has 1 heterocycles. The van der Waals surface area contributed by atoms with E-state index in [9.17, 15) is 9.18 Å². The Balaban J connectivity index is 1.63. The number of hydrogen-bond donors (Lipinski definition) is 1. The summed E-state index contributed by atoms with van der Waals surface area (Å²) < 4.78 is 23.5. The molecule has 0 radical (unpaired) electrons. The molecule has 0 saturated carbocycles. The number of nitrogens with one attached hydrogen (secondary N) is 1. The highest BCUT2D eigenvalue weighted by atomic mass is 32.1. The van der Waals surface area contributed by atoms with Crippen LogP contribution in [-0.2, 0) is 11.2 Å². The van der Waals surface area contributed by atoms with E-state index in [0.717, 1.165) is 11.1 Å². The number of carbonyl (C=O) groups excluding carboxylic acids is 1. The summed E-state index contributed by atoms with van der Waals surface area (Å²) in [7, 11) is 3.18. The maximum Gasteiger partial charge on any atom is 0.226 e. The third kappa shape index (κ3) is 4.83. The highest BCUT2D eigenvalue weighted by Crippen LogP contribution is 2.34. The first-order chi connectivity index (χ1) is 13.1. The first-order valence-corrected chi connectivity index (χ1v) is 9.19. The molecule has 0 atom stereocenters. The number of rotatable bonds is 7. The lowest BCUT2D eigenvalue weighted by Crippen LogP contribution is -2.12. The summed E-state index contributed by atoms with van der Waals surface area (Å²) in [5.41, 5.74) is 2.45. The smallest absolute Gasteiger partial charge is 0.226 e. The van der Waals surface area contributed by atoms with Crippen molar-refractivity contribution in [1.29, 1.82) is 0 Å². The molecule has 0 saturated heterocycles. The summed E-state index contributed by atoms with van der Waals surface area (Å²) in [6.45, 7) is 0. The Morgan fingerprint density at radius 1 is 1.15 bits per heavy atom. The molecule has 3 rings (SSSR count). The van der Waals surface area contributed by atoms with E-state index in [2.05, 4.69) is 10.3 Å². The lowest BCUT2D eigenvalue weighted by Gasteiger charge is -2.08. The molecular weight excluding hydrogens is 367 g/mol. The van der Waals surface area contributed by atoms with Gasteiger partial charge in [-0.05, 0) is 36.2 Å². The van der Waals surface area contributed by atoms with E-state index in [-0.39, 0.29) is 11.7 Å². The van der Waals surface area contributed by atoms with Gasteiger partial charge in [0.2, 0.25) is 5.91 Å². The highest BCUT2D eigenvalue weighted by molar-refractivity contribution is 7.14. The minimum Gasteiger partial charge on any atom is -0.497 e. The van der Waals surface area contributed by atoms with Gasteiger partial charge in [0.05, 0.1) is 19.9 Å². The van der Waals surface area contributed by atoms with Crippen LogP contribution in [-0.4, -0.2) is 25.1 Å². The zero-order chi connectivity index (χ0) is 19.2. The van der Waals surface area contributed by atoms with E-state index >= 15 is 0 Å². The third-order valence-corrected chi connectivity index (χ3v) is 4.75. The van der Waals surface area contributed by atoms with Crippen molar-refractivity contribution < 1.29 is 18.7 Å². The number of anilines is 1. The monoisotopic (exact) mass is 386 g/mol. The van der Waals surface area contributed by atoms with Crippen LogP contribution in [0.2, 0.25) is 0 Å². The highest BCUT2D eigenvalue weighted by Gasteiger charge is 2.13. The molecule has 1 amide bonds. The molecule has 0 aliphatic heterocycles. The van der Waals surface area contributed by atoms with Crippen molar-refractivity contribution in [2.45, 2.75) is 12.8 Å². The van der Waals surface area contributed by atoms with E-state index in [1.165, 1.54) is 23.5 Å². The van der Waals surface area contributed by atoms with Gasteiger partial charge in [0.15, 0.2) is 5.13 Å². The Kier molecular flexibility index (Phi) is 6.03. The molecule has 2 aromatic carbocycles. The van der Waals surface area contributed by atoms with Crippen LogP contribution in [0, 0.1) is 5.82 Å². The van der Waals surface area contributed by atoms with Gasteiger partial charge in [-0.15, -0.1) is 11.3 Å². The van der Waals surface area contributed by atoms with Gasteiger partial charge >= 0.3 is 0 Å². The minimum atomic E-state index is -0.285. The van der Waals surface area contributed by atoms with Gasteiger partial charge in [-0.2, -0.15) is 0 Å². The first kappa shape index (κ1) is 18.8. The molecule has 0 aliphatic rings. The molecule has 0 bridgehead atoms. The first-order valence-electron chi connectivity index (χ1n) is 8.31. The van der Waals surface area contributed by atoms with E-state index in [1.54, 1.807) is 32.4 Å². The lowest BCUT2D eigenvalue weighted by atomic mass is 10.1. The normalized spacial score (nSPS) is 10.5. The summed E-state index contributed by atoms with van der Waals surface area (Å²) in [6.07, 6.45) is 0.836. The van der Waals surface area contributed by atoms with Crippen LogP contribution < -0.4 is 14.8 Å². The van der Waals surface area contributed by atoms with Crippen LogP contribution in [0.15, 0.2) is 47.8 Å². The molecule has 0 aliphatic carbocycles. The molecule has 140 valence electrons. The van der Waals surface area contributed by atoms with E-state index in [0.29, 0.717) is 35.2 Å². The van der Waals surface area contributed by atoms with E-state index in [1.807, 2.05) is 17.5 Å². The zero-order valence-corrected chi connectivity index (χ0v) is 15.8. The number of carbonyl (C=O) groups is 1. The standard InChI is InChI=1S/C20H19FN2O3S/c1-25-15-8-9-16(18(11-15)26-2)17-12-27-20(22-17)23-19(24)10-5-13-3-6-14(21)7-4-13/h3-4,6-9,11-12H,5,10H2,1-2H3,(H,22,23,24). The van der Waals surface area contributed by atoms with Crippen molar-refractivity contribution in [1.82, 2.24) is 4.98 Å². The van der Waals surface area contributed by atoms with Gasteiger partial charge in [-0.3, -0.25) is 4.79 Å². The van der Waals surface area contributed by atoms with Gasteiger partial charge < -0.3 is 14.8 Å². The fourth-order valence-electron chi connectivity index (χ4n) is 2.56. The molecule has 27 heavy (non-hydrogen) atoms. The predicted molar refractivity (Wildman–Crippen MR) is 104 cm³/mol. The van der Waals surface area contributed by atoms with Crippen LogP contribution in [0.1, 0.15) is 12.0 Å². The van der Waals surface area contributed by atoms with E-state index in [4.69, 9.17) is 9.47 Å². The number of halogens is 1. The Bertz CT molecular complexity index is 925. The topological polar surface area (TPSA) is 60.5 Å². The predicted octanol–water partition coefficient (Wildman–Crippen LogP) is 4.54. The van der Waals surface area contributed by atoms with Crippen LogP contribution in [0.5, 0.6) is 11.5 Å². The Morgan fingerprint density at radius 2 is 1.93 bits per heavy atom. The minimum absolute atomic E-state index is 0.137. The average Bonchev–Trinajstić information content (AvgIpc) is 3.15. The SMILES string of the molecule is COc1ccc(-c2csc(NC(=O)CCc3ccc(F)cc3)n2)c(OC)c1. The molecule has 0 fully saturated rings. The second-order valence-electron chi connectivity index (χ2n) is 5.78. The average molecular weight is 386 g/mol. The number of nitrogens with zero attached hydrogens (tertiary/aromatic N) is 1. The van der Waals surface area contributed by atoms with Gasteiger partial charge in [-0.25, -0.2) is 9.37 Å². The summed E-state index contributed by atoms with van der Waals surface area (Å²) in [5, 5.41) is 5.18. The van der Waals surface area contributed by atoms with Gasteiger partial charge in [0.1, 0.15) is 17.3 Å². The van der Waals surface area contributed by atoms with Gasteiger partial charge in [-0.1, -0.05) is 12.1 Å². The number of hydrogen-bond acceptors (Lipinski definition) is 5. The van der Waals surface area contributed by atoms with Crippen molar-refractivity contribution in [3.8, 4) is 22.8 Å². The molecule has 0 spiro atoms.